The Labute approximate surface area is 127 Å². The Morgan fingerprint density at radius 1 is 1.57 bits per heavy atom. The molecule has 1 aromatic rings. The summed E-state index contributed by atoms with van der Waals surface area (Å²) in [6, 6.07) is 3.96. The summed E-state index contributed by atoms with van der Waals surface area (Å²) in [4.78, 5) is 22.5. The van der Waals surface area contributed by atoms with E-state index in [9.17, 15) is 14.9 Å². The lowest BCUT2D eigenvalue weighted by Gasteiger charge is -2.17. The monoisotopic (exact) mass is 312 g/mol. The number of carbonyl (C=O) groups excluding carboxylic acids is 1. The number of carbonyl (C=O) groups is 1. The fourth-order valence-corrected chi connectivity index (χ4v) is 2.72. The first kappa shape index (κ1) is 15.7. The zero-order chi connectivity index (χ0) is 15.4. The van der Waals surface area contributed by atoms with E-state index in [1.165, 1.54) is 18.2 Å². The Kier molecular flexibility index (Phi) is 5.14. The number of ether oxygens (including phenoxy) is 1. The Morgan fingerprint density at radius 2 is 2.33 bits per heavy atom. The highest BCUT2D eigenvalue weighted by Crippen LogP contribution is 2.24. The van der Waals surface area contributed by atoms with Crippen LogP contribution in [0.5, 0.6) is 0 Å². The molecule has 0 aromatic heterocycles. The molecule has 2 atom stereocenters. The van der Waals surface area contributed by atoms with Crippen molar-refractivity contribution in [3.05, 3.63) is 38.9 Å². The van der Waals surface area contributed by atoms with Gasteiger partial charge in [0.25, 0.3) is 11.6 Å². The minimum atomic E-state index is -0.585. The summed E-state index contributed by atoms with van der Waals surface area (Å²) in [5.74, 6) is -0.233. The van der Waals surface area contributed by atoms with Crippen molar-refractivity contribution in [2.75, 3.05) is 13.2 Å². The average Bonchev–Trinajstić information content (AvgIpc) is 2.91. The number of hydrogen-bond acceptors (Lipinski definition) is 4. The van der Waals surface area contributed by atoms with E-state index >= 15 is 0 Å². The highest BCUT2D eigenvalue weighted by molar-refractivity contribution is 6.31. The molecule has 6 nitrogen and oxygen atoms in total. The van der Waals surface area contributed by atoms with E-state index in [0.717, 1.165) is 12.8 Å². The summed E-state index contributed by atoms with van der Waals surface area (Å²) in [5.41, 5.74) is -0.258. The molecule has 0 bridgehead atoms. The lowest BCUT2D eigenvalue weighted by Crippen LogP contribution is -2.33. The van der Waals surface area contributed by atoms with Gasteiger partial charge >= 0.3 is 0 Å². The van der Waals surface area contributed by atoms with Gasteiger partial charge in [-0.25, -0.2) is 0 Å². The van der Waals surface area contributed by atoms with Crippen molar-refractivity contribution in [3.8, 4) is 0 Å². The molecule has 0 spiro atoms. The molecule has 2 unspecified atom stereocenters. The van der Waals surface area contributed by atoms with Crippen LogP contribution in [0.3, 0.4) is 0 Å². The number of amides is 1. The van der Waals surface area contributed by atoms with Crippen molar-refractivity contribution in [2.24, 2.45) is 5.92 Å². The van der Waals surface area contributed by atoms with Crippen molar-refractivity contribution in [2.45, 2.75) is 25.9 Å². The van der Waals surface area contributed by atoms with E-state index < -0.39 is 10.8 Å². The molecule has 1 saturated heterocycles. The molecule has 1 aliphatic rings. The normalized spacial score (nSPS) is 21.2. The number of hydrogen-bond donors (Lipinski definition) is 1. The number of nitrogens with zero attached hydrogens (tertiary/aromatic N) is 1. The Morgan fingerprint density at radius 3 is 3.00 bits per heavy atom. The van der Waals surface area contributed by atoms with Crippen molar-refractivity contribution in [3.63, 3.8) is 0 Å². The predicted octanol–water partition coefficient (Wildman–Crippen LogP) is 2.79. The van der Waals surface area contributed by atoms with Crippen LogP contribution in [0.15, 0.2) is 18.2 Å². The number of rotatable bonds is 5. The lowest BCUT2D eigenvalue weighted by molar-refractivity contribution is -0.385. The van der Waals surface area contributed by atoms with E-state index in [0.29, 0.717) is 18.2 Å². The third kappa shape index (κ3) is 3.71. The molecule has 114 valence electrons. The van der Waals surface area contributed by atoms with Gasteiger partial charge in [0.1, 0.15) is 5.56 Å². The lowest BCUT2D eigenvalue weighted by atomic mass is 9.99. The first-order valence-electron chi connectivity index (χ1n) is 6.86. The van der Waals surface area contributed by atoms with Crippen LogP contribution in [-0.2, 0) is 4.74 Å². The van der Waals surface area contributed by atoms with Crippen LogP contribution in [0.4, 0.5) is 5.69 Å². The molecule has 0 saturated carbocycles. The molecule has 1 heterocycles. The molecule has 1 fully saturated rings. The molecule has 1 amide bonds. The smallest absolute Gasteiger partial charge is 0.282 e. The zero-order valence-corrected chi connectivity index (χ0v) is 12.4. The van der Waals surface area contributed by atoms with Gasteiger partial charge in [-0.2, -0.15) is 0 Å². The molecule has 1 N–H and O–H groups in total. The molecule has 1 aromatic carbocycles. The summed E-state index contributed by atoms with van der Waals surface area (Å²) >= 11 is 5.82. The second kappa shape index (κ2) is 6.87. The largest absolute Gasteiger partial charge is 0.378 e. The van der Waals surface area contributed by atoms with Gasteiger partial charge in [-0.3, -0.25) is 14.9 Å². The quantitative estimate of drug-likeness (QED) is 0.669. The predicted molar refractivity (Wildman–Crippen MR) is 78.6 cm³/mol. The molecular weight excluding hydrogens is 296 g/mol. The summed E-state index contributed by atoms with van der Waals surface area (Å²) in [6.07, 6.45) is 1.91. The molecule has 0 radical (unpaired) electrons. The summed E-state index contributed by atoms with van der Waals surface area (Å²) in [6.45, 7) is 3.17. The highest BCUT2D eigenvalue weighted by atomic mass is 35.5. The second-order valence-electron chi connectivity index (χ2n) is 4.99. The Hall–Kier alpha value is -1.66. The molecule has 2 rings (SSSR count). The SMILES string of the molecule is CCC1OCCC1CNC(=O)c1cc(Cl)ccc1[N+](=O)[O-]. The molecular formula is C14H17ClN2O4. The first-order valence-corrected chi connectivity index (χ1v) is 7.24. The van der Waals surface area contributed by atoms with Gasteiger partial charge in [-0.15, -0.1) is 0 Å². The van der Waals surface area contributed by atoms with Gasteiger partial charge in [0.2, 0.25) is 0 Å². The standard InChI is InChI=1S/C14H17ClN2O4/c1-2-13-9(5-6-21-13)8-16-14(18)11-7-10(15)3-4-12(11)17(19)20/h3-4,7,9,13H,2,5-6,8H2,1H3,(H,16,18). The molecule has 21 heavy (non-hydrogen) atoms. The van der Waals surface area contributed by atoms with E-state index in [1.807, 2.05) is 6.92 Å². The topological polar surface area (TPSA) is 81.5 Å². The maximum atomic E-state index is 12.2. The Bertz CT molecular complexity index is 550. The minimum Gasteiger partial charge on any atom is -0.378 e. The molecule has 0 aliphatic carbocycles. The number of halogens is 1. The van der Waals surface area contributed by atoms with Crippen LogP contribution < -0.4 is 5.32 Å². The first-order chi connectivity index (χ1) is 10.0. The maximum absolute atomic E-state index is 12.2. The van der Waals surface area contributed by atoms with Crippen LogP contribution in [0.1, 0.15) is 30.1 Å². The van der Waals surface area contributed by atoms with Gasteiger partial charge in [0, 0.05) is 30.2 Å². The van der Waals surface area contributed by atoms with Crippen molar-refractivity contribution in [1.82, 2.24) is 5.32 Å². The van der Waals surface area contributed by atoms with Gasteiger partial charge in [0.05, 0.1) is 11.0 Å². The zero-order valence-electron chi connectivity index (χ0n) is 11.7. The molecule has 7 heteroatoms. The second-order valence-corrected chi connectivity index (χ2v) is 5.43. The van der Waals surface area contributed by atoms with Crippen molar-refractivity contribution < 1.29 is 14.5 Å². The van der Waals surface area contributed by atoms with Crippen molar-refractivity contribution >= 4 is 23.2 Å². The number of nitro benzene ring substituents is 1. The third-order valence-electron chi connectivity index (χ3n) is 3.67. The number of nitrogens with one attached hydrogen (secondary N) is 1. The van der Waals surface area contributed by atoms with Crippen LogP contribution in [0.2, 0.25) is 5.02 Å². The Balaban J connectivity index is 2.06. The van der Waals surface area contributed by atoms with Crippen molar-refractivity contribution in [1.29, 1.82) is 0 Å². The van der Waals surface area contributed by atoms with E-state index in [1.54, 1.807) is 0 Å². The van der Waals surface area contributed by atoms with Gasteiger partial charge < -0.3 is 10.1 Å². The van der Waals surface area contributed by atoms with Crippen LogP contribution in [0.25, 0.3) is 0 Å². The van der Waals surface area contributed by atoms with E-state index in [4.69, 9.17) is 16.3 Å². The minimum absolute atomic E-state index is 0.0144. The number of benzene rings is 1. The number of nitro groups is 1. The fraction of sp³-hybridized carbons (Fsp3) is 0.500. The van der Waals surface area contributed by atoms with Crippen LogP contribution in [-0.4, -0.2) is 30.1 Å². The summed E-state index contributed by atoms with van der Waals surface area (Å²) in [7, 11) is 0. The van der Waals surface area contributed by atoms with Gasteiger partial charge in [0.15, 0.2) is 0 Å². The average molecular weight is 313 g/mol. The van der Waals surface area contributed by atoms with Crippen LogP contribution >= 0.6 is 11.6 Å². The summed E-state index contributed by atoms with van der Waals surface area (Å²) in [5, 5.41) is 14.0. The maximum Gasteiger partial charge on any atom is 0.282 e. The fourth-order valence-electron chi connectivity index (χ4n) is 2.55. The summed E-state index contributed by atoms with van der Waals surface area (Å²) < 4.78 is 5.55. The van der Waals surface area contributed by atoms with Gasteiger partial charge in [-0.1, -0.05) is 18.5 Å². The highest BCUT2D eigenvalue weighted by Gasteiger charge is 2.28. The van der Waals surface area contributed by atoms with E-state index in [-0.39, 0.29) is 23.3 Å². The van der Waals surface area contributed by atoms with Crippen LogP contribution in [0, 0.1) is 16.0 Å². The third-order valence-corrected chi connectivity index (χ3v) is 3.91. The van der Waals surface area contributed by atoms with Gasteiger partial charge in [-0.05, 0) is 25.0 Å². The van der Waals surface area contributed by atoms with E-state index in [2.05, 4.69) is 5.32 Å². The molecule has 1 aliphatic heterocycles.